The fourth-order valence-electron chi connectivity index (χ4n) is 1.40. The number of halogens is 3. The molecule has 0 N–H and O–H groups in total. The molecule has 17 heavy (non-hydrogen) atoms. The van der Waals surface area contributed by atoms with Gasteiger partial charge in [0.25, 0.3) is 0 Å². The molecule has 2 nitrogen and oxygen atoms in total. The van der Waals surface area contributed by atoms with Crippen LogP contribution in [-0.4, -0.2) is 18.8 Å². The molecule has 1 aromatic carbocycles. The Labute approximate surface area is 96.4 Å². The summed E-state index contributed by atoms with van der Waals surface area (Å²) in [6.07, 6.45) is -1.03. The highest BCUT2D eigenvalue weighted by Crippen LogP contribution is 2.30. The van der Waals surface area contributed by atoms with Crippen LogP contribution in [0.25, 0.3) is 0 Å². The van der Waals surface area contributed by atoms with Crippen molar-refractivity contribution in [2.45, 2.75) is 19.3 Å². The molecule has 1 saturated carbocycles. The van der Waals surface area contributed by atoms with Crippen molar-refractivity contribution in [3.05, 3.63) is 29.6 Å². The number of ketones is 1. The number of rotatable bonds is 5. The first-order valence-electron chi connectivity index (χ1n) is 5.32. The highest BCUT2D eigenvalue weighted by molar-refractivity contribution is 5.99. The van der Waals surface area contributed by atoms with Crippen LogP contribution in [0.4, 0.5) is 13.2 Å². The zero-order chi connectivity index (χ0) is 12.4. The Morgan fingerprint density at radius 3 is 2.71 bits per heavy atom. The van der Waals surface area contributed by atoms with Gasteiger partial charge in [0, 0.05) is 0 Å². The molecular formula is C12H11F3O2. The van der Waals surface area contributed by atoms with Gasteiger partial charge in [-0.2, -0.15) is 0 Å². The third-order valence-corrected chi connectivity index (χ3v) is 2.58. The third-order valence-electron chi connectivity index (χ3n) is 2.58. The number of Topliss-reactive ketones (excluding diaryl/α,β-unsaturated/α-hetero) is 1. The summed E-state index contributed by atoms with van der Waals surface area (Å²) in [5.74, 6) is -1.72. The van der Waals surface area contributed by atoms with E-state index in [4.69, 9.17) is 4.74 Å². The van der Waals surface area contributed by atoms with E-state index in [1.165, 1.54) is 6.07 Å². The van der Waals surface area contributed by atoms with E-state index in [0.717, 1.165) is 25.0 Å². The Balaban J connectivity index is 2.12. The first-order valence-corrected chi connectivity index (χ1v) is 5.32. The summed E-state index contributed by atoms with van der Waals surface area (Å²) in [5, 5.41) is 0. The lowest BCUT2D eigenvalue weighted by Gasteiger charge is -2.07. The summed E-state index contributed by atoms with van der Waals surface area (Å²) in [6.45, 7) is 0.480. The zero-order valence-corrected chi connectivity index (χ0v) is 8.96. The number of benzene rings is 1. The van der Waals surface area contributed by atoms with Crippen molar-refractivity contribution in [3.8, 4) is 5.75 Å². The molecular weight excluding hydrogens is 233 g/mol. The Hall–Kier alpha value is -1.52. The SMILES string of the molecule is O=C(c1cc(OCC2CC2)ccc1F)C(F)F. The summed E-state index contributed by atoms with van der Waals surface area (Å²) in [4.78, 5) is 11.0. The minimum Gasteiger partial charge on any atom is -0.493 e. The van der Waals surface area contributed by atoms with Gasteiger partial charge in [-0.05, 0) is 37.0 Å². The first-order chi connectivity index (χ1) is 8.08. The van der Waals surface area contributed by atoms with Gasteiger partial charge in [-0.3, -0.25) is 4.79 Å². The predicted molar refractivity (Wildman–Crippen MR) is 55.0 cm³/mol. The topological polar surface area (TPSA) is 26.3 Å². The van der Waals surface area contributed by atoms with E-state index < -0.39 is 23.6 Å². The van der Waals surface area contributed by atoms with E-state index in [-0.39, 0.29) is 5.75 Å². The number of hydrogen-bond donors (Lipinski definition) is 0. The lowest BCUT2D eigenvalue weighted by molar-refractivity contribution is 0.0673. The monoisotopic (exact) mass is 244 g/mol. The minimum atomic E-state index is -3.21. The van der Waals surface area contributed by atoms with Gasteiger partial charge in [0.15, 0.2) is 0 Å². The van der Waals surface area contributed by atoms with Crippen molar-refractivity contribution in [1.82, 2.24) is 0 Å². The van der Waals surface area contributed by atoms with Crippen LogP contribution >= 0.6 is 0 Å². The van der Waals surface area contributed by atoms with Gasteiger partial charge in [-0.1, -0.05) is 0 Å². The van der Waals surface area contributed by atoms with Crippen LogP contribution in [0.5, 0.6) is 5.75 Å². The number of ether oxygens (including phenoxy) is 1. The van der Waals surface area contributed by atoms with Crippen LogP contribution in [0.15, 0.2) is 18.2 Å². The van der Waals surface area contributed by atoms with Gasteiger partial charge in [0.05, 0.1) is 12.2 Å². The van der Waals surface area contributed by atoms with Crippen molar-refractivity contribution < 1.29 is 22.7 Å². The fourth-order valence-corrected chi connectivity index (χ4v) is 1.40. The number of hydrogen-bond acceptors (Lipinski definition) is 2. The molecule has 1 aromatic rings. The van der Waals surface area contributed by atoms with Crippen LogP contribution in [0, 0.1) is 11.7 Å². The van der Waals surface area contributed by atoms with Gasteiger partial charge >= 0.3 is 6.43 Å². The molecule has 1 aliphatic carbocycles. The molecule has 0 heterocycles. The van der Waals surface area contributed by atoms with Crippen molar-refractivity contribution in [2.24, 2.45) is 5.92 Å². The molecule has 2 rings (SSSR count). The molecule has 0 aliphatic heterocycles. The summed E-state index contributed by atoms with van der Waals surface area (Å²) in [5.41, 5.74) is -0.617. The Kier molecular flexibility index (Phi) is 3.36. The molecule has 0 aromatic heterocycles. The summed E-state index contributed by atoms with van der Waals surface area (Å²) in [6, 6.07) is 3.34. The average Bonchev–Trinajstić information content (AvgIpc) is 3.11. The normalized spacial score (nSPS) is 15.1. The molecule has 0 unspecified atom stereocenters. The van der Waals surface area contributed by atoms with Gasteiger partial charge in [-0.15, -0.1) is 0 Å². The second kappa shape index (κ2) is 4.77. The number of alkyl halides is 2. The molecule has 0 atom stereocenters. The van der Waals surface area contributed by atoms with E-state index in [9.17, 15) is 18.0 Å². The summed E-state index contributed by atoms with van der Waals surface area (Å²) in [7, 11) is 0. The molecule has 1 aliphatic rings. The summed E-state index contributed by atoms with van der Waals surface area (Å²) >= 11 is 0. The molecule has 0 amide bonds. The molecule has 92 valence electrons. The van der Waals surface area contributed by atoms with Gasteiger partial charge < -0.3 is 4.74 Å². The van der Waals surface area contributed by atoms with E-state index in [0.29, 0.717) is 12.5 Å². The van der Waals surface area contributed by atoms with Crippen molar-refractivity contribution in [2.75, 3.05) is 6.61 Å². The van der Waals surface area contributed by atoms with Gasteiger partial charge in [0.1, 0.15) is 11.6 Å². The van der Waals surface area contributed by atoms with Crippen LogP contribution in [-0.2, 0) is 0 Å². The Morgan fingerprint density at radius 1 is 1.41 bits per heavy atom. The van der Waals surface area contributed by atoms with Gasteiger partial charge in [-0.25, -0.2) is 13.2 Å². The van der Waals surface area contributed by atoms with Crippen molar-refractivity contribution >= 4 is 5.78 Å². The van der Waals surface area contributed by atoms with E-state index >= 15 is 0 Å². The van der Waals surface area contributed by atoms with E-state index in [1.807, 2.05) is 0 Å². The van der Waals surface area contributed by atoms with Crippen LogP contribution in [0.1, 0.15) is 23.2 Å². The third kappa shape index (κ3) is 2.99. The lowest BCUT2D eigenvalue weighted by Crippen LogP contribution is -2.12. The van der Waals surface area contributed by atoms with Crippen LogP contribution in [0.2, 0.25) is 0 Å². The largest absolute Gasteiger partial charge is 0.493 e. The standard InChI is InChI=1S/C12H11F3O2/c13-10-4-3-8(17-6-7-1-2-7)5-9(10)11(16)12(14)15/h3-5,7,12H,1-2,6H2. The predicted octanol–water partition coefficient (Wildman–Crippen LogP) is 3.06. The second-order valence-corrected chi connectivity index (χ2v) is 4.06. The molecule has 0 spiro atoms. The maximum absolute atomic E-state index is 13.2. The van der Waals surface area contributed by atoms with E-state index in [2.05, 4.69) is 0 Å². The number of carbonyl (C=O) groups excluding carboxylic acids is 1. The van der Waals surface area contributed by atoms with Crippen molar-refractivity contribution in [1.29, 1.82) is 0 Å². The van der Waals surface area contributed by atoms with Crippen LogP contribution < -0.4 is 4.74 Å². The first kappa shape index (κ1) is 12.0. The highest BCUT2D eigenvalue weighted by Gasteiger charge is 2.24. The smallest absolute Gasteiger partial charge is 0.300 e. The van der Waals surface area contributed by atoms with Crippen LogP contribution in [0.3, 0.4) is 0 Å². The average molecular weight is 244 g/mol. The maximum atomic E-state index is 13.2. The van der Waals surface area contributed by atoms with E-state index in [1.54, 1.807) is 0 Å². The zero-order valence-electron chi connectivity index (χ0n) is 8.96. The number of carbonyl (C=O) groups is 1. The Morgan fingerprint density at radius 2 is 2.12 bits per heavy atom. The maximum Gasteiger partial charge on any atom is 0.300 e. The van der Waals surface area contributed by atoms with Gasteiger partial charge in [0.2, 0.25) is 5.78 Å². The Bertz CT molecular complexity index is 428. The lowest BCUT2D eigenvalue weighted by atomic mass is 10.1. The molecule has 0 saturated heterocycles. The quantitative estimate of drug-likeness (QED) is 0.744. The summed E-state index contributed by atoms with van der Waals surface area (Å²) < 4.78 is 42.9. The highest BCUT2D eigenvalue weighted by atomic mass is 19.3. The molecule has 0 radical (unpaired) electrons. The van der Waals surface area contributed by atoms with Crippen molar-refractivity contribution in [3.63, 3.8) is 0 Å². The molecule has 5 heteroatoms. The fraction of sp³-hybridized carbons (Fsp3) is 0.417. The molecule has 0 bridgehead atoms. The molecule has 1 fully saturated rings. The minimum absolute atomic E-state index is 0.252. The second-order valence-electron chi connectivity index (χ2n) is 4.06.